The fraction of sp³-hybridized carbons (Fsp3) is 0.909. The maximum absolute atomic E-state index is 12.2. The maximum Gasteiger partial charge on any atom is 0.416 e. The Labute approximate surface area is 110 Å². The van der Waals surface area contributed by atoms with Crippen molar-refractivity contribution in [3.63, 3.8) is 0 Å². The summed E-state index contributed by atoms with van der Waals surface area (Å²) in [6.07, 6.45) is -6.08. The lowest BCUT2D eigenvalue weighted by Gasteiger charge is -2.25. The second-order valence-corrected chi connectivity index (χ2v) is 4.60. The Hall–Kier alpha value is -1.02. The van der Waals surface area contributed by atoms with Crippen molar-refractivity contribution in [1.29, 1.82) is 0 Å². The zero-order valence-corrected chi connectivity index (χ0v) is 11.1. The third kappa shape index (κ3) is 5.23. The first-order valence-corrected chi connectivity index (χ1v) is 6.09. The smallest absolute Gasteiger partial charge is 0.382 e. The van der Waals surface area contributed by atoms with Crippen LogP contribution in [0.4, 0.5) is 13.2 Å². The first-order valence-electron chi connectivity index (χ1n) is 6.09. The lowest BCUT2D eigenvalue weighted by Crippen LogP contribution is -2.47. The molecular formula is C11H20F3N3O2. The van der Waals surface area contributed by atoms with Gasteiger partial charge in [-0.25, -0.2) is 0 Å². The minimum absolute atomic E-state index is 0.329. The molecular weight excluding hydrogens is 263 g/mol. The number of aliphatic hydroxyl groups excluding tert-OH is 1. The molecule has 112 valence electrons. The molecule has 0 aliphatic carbocycles. The number of nitrogens with zero attached hydrogens (tertiary/aromatic N) is 2. The van der Waals surface area contributed by atoms with E-state index in [1.54, 1.807) is 11.9 Å². The van der Waals surface area contributed by atoms with E-state index < -0.39 is 18.8 Å². The number of rotatable bonds is 4. The van der Waals surface area contributed by atoms with Crippen molar-refractivity contribution in [3.8, 4) is 0 Å². The summed E-state index contributed by atoms with van der Waals surface area (Å²) >= 11 is 0. The number of hydrogen-bond donors (Lipinski definition) is 2. The standard InChI is InChI=1S/C11H20F3N3O2/c1-15-10(16-5-9(18)11(12,13)14)17(2)6-8-3-4-19-7-8/h8-9,18H,3-7H2,1-2H3,(H,15,16). The number of ether oxygens (including phenoxy) is 1. The van der Waals surface area contributed by atoms with E-state index >= 15 is 0 Å². The Bertz CT molecular complexity index is 304. The molecule has 1 fully saturated rings. The summed E-state index contributed by atoms with van der Waals surface area (Å²) in [5.41, 5.74) is 0. The minimum Gasteiger partial charge on any atom is -0.382 e. The molecule has 0 saturated carbocycles. The lowest BCUT2D eigenvalue weighted by atomic mass is 10.1. The molecule has 19 heavy (non-hydrogen) atoms. The highest BCUT2D eigenvalue weighted by atomic mass is 19.4. The molecule has 1 heterocycles. The van der Waals surface area contributed by atoms with Crippen molar-refractivity contribution >= 4 is 5.96 Å². The van der Waals surface area contributed by atoms with Gasteiger partial charge in [0.2, 0.25) is 0 Å². The number of alkyl halides is 3. The van der Waals surface area contributed by atoms with E-state index in [9.17, 15) is 13.2 Å². The predicted octanol–water partition coefficient (Wildman–Crippen LogP) is 0.453. The fourth-order valence-corrected chi connectivity index (χ4v) is 1.89. The van der Waals surface area contributed by atoms with Gasteiger partial charge in [-0.05, 0) is 6.42 Å². The van der Waals surface area contributed by atoms with Crippen LogP contribution in [0, 0.1) is 5.92 Å². The number of aliphatic hydroxyl groups is 1. The molecule has 1 aliphatic rings. The van der Waals surface area contributed by atoms with E-state index in [1.807, 2.05) is 0 Å². The Morgan fingerprint density at radius 2 is 2.26 bits per heavy atom. The van der Waals surface area contributed by atoms with Gasteiger partial charge >= 0.3 is 6.18 Å². The van der Waals surface area contributed by atoms with Crippen LogP contribution in [0.1, 0.15) is 6.42 Å². The second-order valence-electron chi connectivity index (χ2n) is 4.60. The summed E-state index contributed by atoms with van der Waals surface area (Å²) < 4.78 is 41.8. The van der Waals surface area contributed by atoms with Crippen LogP contribution in [0.3, 0.4) is 0 Å². The van der Waals surface area contributed by atoms with Gasteiger partial charge in [0.1, 0.15) is 0 Å². The zero-order valence-electron chi connectivity index (χ0n) is 11.1. The molecule has 0 radical (unpaired) electrons. The van der Waals surface area contributed by atoms with E-state index in [1.165, 1.54) is 7.05 Å². The molecule has 0 aromatic heterocycles. The van der Waals surface area contributed by atoms with Gasteiger partial charge in [-0.15, -0.1) is 0 Å². The molecule has 0 bridgehead atoms. The summed E-state index contributed by atoms with van der Waals surface area (Å²) in [6, 6.07) is 0. The highest BCUT2D eigenvalue weighted by Crippen LogP contribution is 2.19. The summed E-state index contributed by atoms with van der Waals surface area (Å²) in [6.45, 7) is 1.42. The van der Waals surface area contributed by atoms with Crippen molar-refractivity contribution in [2.24, 2.45) is 10.9 Å². The van der Waals surface area contributed by atoms with Crippen molar-refractivity contribution < 1.29 is 23.0 Å². The van der Waals surface area contributed by atoms with E-state index in [4.69, 9.17) is 9.84 Å². The Kier molecular flexibility index (Phi) is 5.86. The molecule has 2 unspecified atom stereocenters. The van der Waals surface area contributed by atoms with Crippen LogP contribution >= 0.6 is 0 Å². The van der Waals surface area contributed by atoms with Gasteiger partial charge in [-0.1, -0.05) is 0 Å². The van der Waals surface area contributed by atoms with Crippen molar-refractivity contribution in [2.75, 3.05) is 40.4 Å². The predicted molar refractivity (Wildman–Crippen MR) is 65.0 cm³/mol. The number of halogens is 3. The second kappa shape index (κ2) is 6.95. The van der Waals surface area contributed by atoms with Gasteiger partial charge in [0.05, 0.1) is 13.2 Å². The Morgan fingerprint density at radius 3 is 2.74 bits per heavy atom. The maximum atomic E-state index is 12.2. The topological polar surface area (TPSA) is 57.1 Å². The van der Waals surface area contributed by atoms with E-state index in [-0.39, 0.29) is 0 Å². The molecule has 2 N–H and O–H groups in total. The van der Waals surface area contributed by atoms with Gasteiger partial charge in [0.25, 0.3) is 0 Å². The monoisotopic (exact) mass is 283 g/mol. The number of guanidine groups is 1. The molecule has 0 aromatic rings. The van der Waals surface area contributed by atoms with E-state index in [0.29, 0.717) is 25.0 Å². The number of nitrogens with one attached hydrogen (secondary N) is 1. The van der Waals surface area contributed by atoms with Crippen LogP contribution < -0.4 is 5.32 Å². The summed E-state index contributed by atoms with van der Waals surface area (Å²) in [4.78, 5) is 5.63. The van der Waals surface area contributed by atoms with Crippen LogP contribution in [0.25, 0.3) is 0 Å². The highest BCUT2D eigenvalue weighted by molar-refractivity contribution is 5.79. The number of aliphatic imine (C=N–C) groups is 1. The molecule has 5 nitrogen and oxygen atoms in total. The molecule has 0 amide bonds. The largest absolute Gasteiger partial charge is 0.416 e. The molecule has 1 saturated heterocycles. The third-order valence-electron chi connectivity index (χ3n) is 2.96. The summed E-state index contributed by atoms with van der Waals surface area (Å²) in [5, 5.41) is 11.4. The fourth-order valence-electron chi connectivity index (χ4n) is 1.89. The zero-order chi connectivity index (χ0) is 14.5. The quantitative estimate of drug-likeness (QED) is 0.581. The number of hydrogen-bond acceptors (Lipinski definition) is 3. The van der Waals surface area contributed by atoms with Crippen LogP contribution in [0.2, 0.25) is 0 Å². The normalized spacial score (nSPS) is 22.4. The van der Waals surface area contributed by atoms with Gasteiger partial charge in [0.15, 0.2) is 12.1 Å². The first kappa shape index (κ1) is 16.0. The average Bonchev–Trinajstić information content (AvgIpc) is 2.81. The Balaban J connectivity index is 2.40. The van der Waals surface area contributed by atoms with Crippen LogP contribution in [0.15, 0.2) is 4.99 Å². The summed E-state index contributed by atoms with van der Waals surface area (Å²) in [5.74, 6) is 0.686. The summed E-state index contributed by atoms with van der Waals surface area (Å²) in [7, 11) is 3.23. The molecule has 0 spiro atoms. The highest BCUT2D eigenvalue weighted by Gasteiger charge is 2.38. The molecule has 1 rings (SSSR count). The van der Waals surface area contributed by atoms with Gasteiger partial charge < -0.3 is 20.1 Å². The first-order chi connectivity index (χ1) is 8.84. The van der Waals surface area contributed by atoms with Crippen LogP contribution in [0.5, 0.6) is 0 Å². The molecule has 2 atom stereocenters. The molecule has 0 aromatic carbocycles. The van der Waals surface area contributed by atoms with Crippen molar-refractivity contribution in [2.45, 2.75) is 18.7 Å². The molecule has 8 heteroatoms. The Morgan fingerprint density at radius 1 is 1.58 bits per heavy atom. The SMILES string of the molecule is CN=C(NCC(O)C(F)(F)F)N(C)CC1CCOC1. The molecule has 1 aliphatic heterocycles. The van der Waals surface area contributed by atoms with Gasteiger partial charge in [0, 0.05) is 33.2 Å². The van der Waals surface area contributed by atoms with Crippen molar-refractivity contribution in [3.05, 3.63) is 0 Å². The minimum atomic E-state index is -4.62. The lowest BCUT2D eigenvalue weighted by molar-refractivity contribution is -0.201. The van der Waals surface area contributed by atoms with Crippen molar-refractivity contribution in [1.82, 2.24) is 10.2 Å². The van der Waals surface area contributed by atoms with Crippen LogP contribution in [-0.4, -0.2) is 68.6 Å². The van der Waals surface area contributed by atoms with Gasteiger partial charge in [-0.3, -0.25) is 4.99 Å². The van der Waals surface area contributed by atoms with E-state index in [0.717, 1.165) is 13.0 Å². The van der Waals surface area contributed by atoms with E-state index in [2.05, 4.69) is 10.3 Å². The third-order valence-corrected chi connectivity index (χ3v) is 2.96. The van der Waals surface area contributed by atoms with Crippen LogP contribution in [-0.2, 0) is 4.74 Å². The average molecular weight is 283 g/mol. The van der Waals surface area contributed by atoms with Gasteiger partial charge in [-0.2, -0.15) is 13.2 Å².